The molecule has 0 saturated carbocycles. The van der Waals surface area contributed by atoms with Crippen LogP contribution in [0.25, 0.3) is 10.9 Å². The minimum Gasteiger partial charge on any atom is -0.385 e. The predicted molar refractivity (Wildman–Crippen MR) is 103 cm³/mol. The summed E-state index contributed by atoms with van der Waals surface area (Å²) in [6.07, 6.45) is 1.68. The number of H-pyrrole nitrogens is 1. The van der Waals surface area contributed by atoms with Crippen molar-refractivity contribution < 1.29 is 14.3 Å². The van der Waals surface area contributed by atoms with Gasteiger partial charge < -0.3 is 15.0 Å². The largest absolute Gasteiger partial charge is 0.385 e. The van der Waals surface area contributed by atoms with Gasteiger partial charge in [-0.25, -0.2) is 4.39 Å². The van der Waals surface area contributed by atoms with Crippen LogP contribution in [0.4, 0.5) is 4.39 Å². The van der Waals surface area contributed by atoms with Crippen molar-refractivity contribution in [3.05, 3.63) is 71.2 Å². The van der Waals surface area contributed by atoms with Gasteiger partial charge in [0.1, 0.15) is 11.5 Å². The van der Waals surface area contributed by atoms with Gasteiger partial charge in [0.05, 0.1) is 5.60 Å². The van der Waals surface area contributed by atoms with Crippen molar-refractivity contribution in [1.82, 2.24) is 9.88 Å². The van der Waals surface area contributed by atoms with Gasteiger partial charge in [0, 0.05) is 24.0 Å². The lowest BCUT2D eigenvalue weighted by molar-refractivity contribution is 0.0212. The second-order valence-corrected chi connectivity index (χ2v) is 7.35. The van der Waals surface area contributed by atoms with Crippen molar-refractivity contribution in [3.8, 4) is 0 Å². The quantitative estimate of drug-likeness (QED) is 0.716. The highest BCUT2D eigenvalue weighted by Gasteiger charge is 2.34. The molecule has 4 rings (SSSR count). The molecule has 5 heteroatoms. The van der Waals surface area contributed by atoms with Crippen LogP contribution in [-0.4, -0.2) is 34.0 Å². The molecule has 1 aliphatic heterocycles. The first-order valence-electron chi connectivity index (χ1n) is 9.33. The smallest absolute Gasteiger partial charge is 0.270 e. The number of rotatable bonds is 2. The summed E-state index contributed by atoms with van der Waals surface area (Å²) in [5, 5.41) is 12.1. The molecule has 4 nitrogen and oxygen atoms in total. The van der Waals surface area contributed by atoms with Gasteiger partial charge >= 0.3 is 0 Å². The maximum atomic E-state index is 13.2. The van der Waals surface area contributed by atoms with Crippen molar-refractivity contribution >= 4 is 16.8 Å². The van der Waals surface area contributed by atoms with Crippen LogP contribution in [0.3, 0.4) is 0 Å². The van der Waals surface area contributed by atoms with E-state index in [0.717, 1.165) is 16.5 Å². The number of carbonyl (C=O) groups is 1. The van der Waals surface area contributed by atoms with E-state index in [9.17, 15) is 14.3 Å². The summed E-state index contributed by atoms with van der Waals surface area (Å²) in [6, 6.07) is 13.9. The number of aromatic amines is 1. The molecule has 1 saturated heterocycles. The van der Waals surface area contributed by atoms with Gasteiger partial charge in [0.15, 0.2) is 0 Å². The molecule has 3 aromatic rings. The molecule has 2 heterocycles. The van der Waals surface area contributed by atoms with E-state index in [1.165, 1.54) is 12.1 Å². The average molecular weight is 366 g/mol. The van der Waals surface area contributed by atoms with E-state index in [1.807, 2.05) is 31.2 Å². The Morgan fingerprint density at radius 3 is 2.59 bits per heavy atom. The maximum Gasteiger partial charge on any atom is 0.270 e. The van der Waals surface area contributed by atoms with E-state index in [0.29, 0.717) is 43.6 Å². The number of aromatic nitrogens is 1. The first-order chi connectivity index (χ1) is 13.0. The third-order valence-electron chi connectivity index (χ3n) is 5.66. The number of nitrogens with zero attached hydrogens (tertiary/aromatic N) is 1. The van der Waals surface area contributed by atoms with Crippen LogP contribution in [0.5, 0.6) is 0 Å². The molecule has 0 spiro atoms. The van der Waals surface area contributed by atoms with Crippen molar-refractivity contribution in [3.63, 3.8) is 0 Å². The number of likely N-dealkylation sites (tertiary alicyclic amines) is 1. The lowest BCUT2D eigenvalue weighted by Crippen LogP contribution is -2.34. The zero-order valence-corrected chi connectivity index (χ0v) is 15.3. The Labute approximate surface area is 157 Å². The number of hydrogen-bond acceptors (Lipinski definition) is 2. The summed E-state index contributed by atoms with van der Waals surface area (Å²) in [6.45, 7) is 3.01. The molecule has 1 amide bonds. The lowest BCUT2D eigenvalue weighted by atomic mass is 9.87. The number of halogens is 1. The van der Waals surface area contributed by atoms with E-state index in [1.54, 1.807) is 17.0 Å². The second kappa shape index (κ2) is 6.82. The number of benzene rings is 2. The zero-order chi connectivity index (χ0) is 19.0. The van der Waals surface area contributed by atoms with E-state index in [2.05, 4.69) is 4.98 Å². The van der Waals surface area contributed by atoms with Crippen molar-refractivity contribution in [2.24, 2.45) is 0 Å². The van der Waals surface area contributed by atoms with Gasteiger partial charge in [-0.15, -0.1) is 0 Å². The average Bonchev–Trinajstić information content (AvgIpc) is 2.87. The number of fused-ring (bicyclic) bond motifs is 1. The number of carbonyl (C=O) groups excluding carboxylic acids is 1. The zero-order valence-electron chi connectivity index (χ0n) is 15.3. The number of hydrogen-bond donors (Lipinski definition) is 2. The summed E-state index contributed by atoms with van der Waals surface area (Å²) in [5.74, 6) is -0.353. The minimum atomic E-state index is -1.03. The second-order valence-electron chi connectivity index (χ2n) is 7.35. The first kappa shape index (κ1) is 17.7. The molecule has 1 fully saturated rings. The number of amides is 1. The van der Waals surface area contributed by atoms with E-state index >= 15 is 0 Å². The molecule has 0 radical (unpaired) electrons. The molecule has 2 N–H and O–H groups in total. The molecule has 0 bridgehead atoms. The highest BCUT2D eigenvalue weighted by molar-refractivity contribution is 6.00. The summed E-state index contributed by atoms with van der Waals surface area (Å²) in [4.78, 5) is 18.1. The predicted octanol–water partition coefficient (Wildman–Crippen LogP) is 4.13. The Hall–Kier alpha value is -2.66. The molecule has 27 heavy (non-hydrogen) atoms. The van der Waals surface area contributed by atoms with Crippen molar-refractivity contribution in [2.75, 3.05) is 13.1 Å². The van der Waals surface area contributed by atoms with Crippen LogP contribution in [0, 0.1) is 12.7 Å². The minimum absolute atomic E-state index is 0.0351. The van der Waals surface area contributed by atoms with Crippen LogP contribution < -0.4 is 0 Å². The molecule has 1 aromatic heterocycles. The van der Waals surface area contributed by atoms with Gasteiger partial charge in [-0.05, 0) is 55.5 Å². The summed E-state index contributed by atoms with van der Waals surface area (Å²) >= 11 is 0. The molecular formula is C22H23FN2O2. The van der Waals surface area contributed by atoms with Crippen LogP contribution in [0.1, 0.15) is 40.9 Å². The number of nitrogens with one attached hydrogen (secondary N) is 1. The molecule has 1 atom stereocenters. The van der Waals surface area contributed by atoms with E-state index in [4.69, 9.17) is 0 Å². The Balaban J connectivity index is 1.56. The summed E-state index contributed by atoms with van der Waals surface area (Å²) in [7, 11) is 0. The topological polar surface area (TPSA) is 56.3 Å². The third kappa shape index (κ3) is 3.23. The summed E-state index contributed by atoms with van der Waals surface area (Å²) in [5.41, 5.74) is 2.20. The molecule has 1 unspecified atom stereocenters. The standard InChI is InChI=1S/C22H23FN2O2/c1-15-18-5-2-3-6-19(18)24-20(15)21(26)25-13-4-11-22(27,12-14-25)16-7-9-17(23)10-8-16/h2-3,5-10,24,27H,4,11-14H2,1H3. The SMILES string of the molecule is Cc1c(C(=O)N2CCCC(O)(c3ccc(F)cc3)CC2)[nH]c2ccccc12. The molecular weight excluding hydrogens is 343 g/mol. The summed E-state index contributed by atoms with van der Waals surface area (Å²) < 4.78 is 13.2. The molecule has 2 aromatic carbocycles. The van der Waals surface area contributed by atoms with Crippen LogP contribution >= 0.6 is 0 Å². The Morgan fingerprint density at radius 2 is 1.85 bits per heavy atom. The van der Waals surface area contributed by atoms with Gasteiger partial charge in [-0.3, -0.25) is 4.79 Å². The molecule has 1 aliphatic rings. The highest BCUT2D eigenvalue weighted by Crippen LogP contribution is 2.33. The van der Waals surface area contributed by atoms with Gasteiger partial charge in [0.25, 0.3) is 5.91 Å². The Morgan fingerprint density at radius 1 is 1.11 bits per heavy atom. The molecule has 0 aliphatic carbocycles. The highest BCUT2D eigenvalue weighted by atomic mass is 19.1. The Kier molecular flexibility index (Phi) is 4.48. The van der Waals surface area contributed by atoms with Crippen LogP contribution in [0.2, 0.25) is 0 Å². The molecule has 140 valence electrons. The monoisotopic (exact) mass is 366 g/mol. The third-order valence-corrected chi connectivity index (χ3v) is 5.66. The van der Waals surface area contributed by atoms with E-state index in [-0.39, 0.29) is 11.7 Å². The van der Waals surface area contributed by atoms with Crippen molar-refractivity contribution in [2.45, 2.75) is 31.8 Å². The number of para-hydroxylation sites is 1. The van der Waals surface area contributed by atoms with Gasteiger partial charge in [0.2, 0.25) is 0 Å². The van der Waals surface area contributed by atoms with Crippen LogP contribution in [-0.2, 0) is 5.60 Å². The first-order valence-corrected chi connectivity index (χ1v) is 9.33. The Bertz CT molecular complexity index is 980. The van der Waals surface area contributed by atoms with Crippen molar-refractivity contribution in [1.29, 1.82) is 0 Å². The van der Waals surface area contributed by atoms with E-state index < -0.39 is 5.60 Å². The number of aryl methyl sites for hydroxylation is 1. The van der Waals surface area contributed by atoms with Gasteiger partial charge in [-0.1, -0.05) is 30.3 Å². The van der Waals surface area contributed by atoms with Gasteiger partial charge in [-0.2, -0.15) is 0 Å². The lowest BCUT2D eigenvalue weighted by Gasteiger charge is -2.27. The fourth-order valence-corrected chi connectivity index (χ4v) is 4.03. The normalized spacial score (nSPS) is 20.6. The number of aliphatic hydroxyl groups is 1. The fourth-order valence-electron chi connectivity index (χ4n) is 4.03. The fraction of sp³-hybridized carbons (Fsp3) is 0.318. The maximum absolute atomic E-state index is 13.2. The van der Waals surface area contributed by atoms with Crippen LogP contribution in [0.15, 0.2) is 48.5 Å².